The quantitative estimate of drug-likeness (QED) is 0.451. The Morgan fingerprint density at radius 2 is 2.38 bits per heavy atom. The minimum atomic E-state index is 0.515. The molecule has 0 radical (unpaired) electrons. The fraction of sp³-hybridized carbons (Fsp3) is 1.00. The summed E-state index contributed by atoms with van der Waals surface area (Å²) in [4.78, 5) is 0. The lowest BCUT2D eigenvalue weighted by atomic mass is 10.1. The molecule has 0 aromatic heterocycles. The molecule has 0 aromatic carbocycles. The van der Waals surface area contributed by atoms with Crippen LogP contribution in [0.4, 0.5) is 0 Å². The van der Waals surface area contributed by atoms with Crippen molar-refractivity contribution in [2.75, 3.05) is 6.54 Å². The molecule has 2 heteroatoms. The summed E-state index contributed by atoms with van der Waals surface area (Å²) >= 11 is 0. The summed E-state index contributed by atoms with van der Waals surface area (Å²) in [7, 11) is 0. The zero-order chi connectivity index (χ0) is 5.56. The summed E-state index contributed by atoms with van der Waals surface area (Å²) < 4.78 is 0. The Bertz CT molecular complexity index is 103. The lowest BCUT2D eigenvalue weighted by Gasteiger charge is -2.16. The average Bonchev–Trinajstić information content (AvgIpc) is 2.45. The lowest BCUT2D eigenvalue weighted by molar-refractivity contribution is 0.441. The molecule has 3 N–H and O–H groups in total. The van der Waals surface area contributed by atoms with Crippen molar-refractivity contribution in [2.24, 2.45) is 11.7 Å². The number of nitrogens with one attached hydrogen (secondary N) is 1. The molecule has 3 atom stereocenters. The minimum absolute atomic E-state index is 0.515. The Morgan fingerprint density at radius 3 is 3.00 bits per heavy atom. The zero-order valence-electron chi connectivity index (χ0n) is 4.93. The van der Waals surface area contributed by atoms with Gasteiger partial charge in [-0.3, -0.25) is 0 Å². The fourth-order valence-electron chi connectivity index (χ4n) is 1.57. The molecule has 1 saturated carbocycles. The van der Waals surface area contributed by atoms with Crippen molar-refractivity contribution in [3.63, 3.8) is 0 Å². The van der Waals surface area contributed by atoms with Crippen molar-refractivity contribution < 1.29 is 0 Å². The maximum absolute atomic E-state index is 5.78. The van der Waals surface area contributed by atoms with Gasteiger partial charge in [0, 0.05) is 12.1 Å². The third kappa shape index (κ3) is 0.565. The van der Waals surface area contributed by atoms with Gasteiger partial charge in [0.15, 0.2) is 0 Å². The van der Waals surface area contributed by atoms with Crippen molar-refractivity contribution >= 4 is 0 Å². The van der Waals surface area contributed by atoms with E-state index in [4.69, 9.17) is 5.73 Å². The van der Waals surface area contributed by atoms with Gasteiger partial charge >= 0.3 is 0 Å². The highest BCUT2D eigenvalue weighted by molar-refractivity contribution is 5.02. The van der Waals surface area contributed by atoms with E-state index >= 15 is 0 Å². The molecule has 0 bridgehead atoms. The van der Waals surface area contributed by atoms with Crippen molar-refractivity contribution in [1.29, 1.82) is 0 Å². The van der Waals surface area contributed by atoms with E-state index in [1.807, 2.05) is 0 Å². The smallest absolute Gasteiger partial charge is 0.0114 e. The monoisotopic (exact) mass is 112 g/mol. The highest BCUT2D eigenvalue weighted by atomic mass is 15.0. The van der Waals surface area contributed by atoms with Crippen LogP contribution < -0.4 is 11.1 Å². The second kappa shape index (κ2) is 1.45. The van der Waals surface area contributed by atoms with Gasteiger partial charge < -0.3 is 11.1 Å². The van der Waals surface area contributed by atoms with Gasteiger partial charge in [-0.25, -0.2) is 0 Å². The van der Waals surface area contributed by atoms with Crippen LogP contribution in [0.5, 0.6) is 0 Å². The number of hydrogen-bond acceptors (Lipinski definition) is 2. The Labute approximate surface area is 49.4 Å². The number of piperidine rings is 1. The molecule has 2 aliphatic rings. The Balaban J connectivity index is 1.99. The minimum Gasteiger partial charge on any atom is -0.327 e. The molecule has 1 aliphatic carbocycles. The molecule has 0 amide bonds. The van der Waals surface area contributed by atoms with E-state index in [2.05, 4.69) is 5.32 Å². The first-order valence-electron chi connectivity index (χ1n) is 3.37. The van der Waals surface area contributed by atoms with Gasteiger partial charge in [-0.15, -0.1) is 0 Å². The van der Waals surface area contributed by atoms with Crippen molar-refractivity contribution in [3.8, 4) is 0 Å². The predicted molar refractivity (Wildman–Crippen MR) is 32.5 cm³/mol. The third-order valence-corrected chi connectivity index (χ3v) is 2.27. The van der Waals surface area contributed by atoms with Crippen LogP contribution in [-0.2, 0) is 0 Å². The van der Waals surface area contributed by atoms with Crippen LogP contribution in [0.15, 0.2) is 0 Å². The Morgan fingerprint density at radius 1 is 1.50 bits per heavy atom. The molecule has 0 spiro atoms. The van der Waals surface area contributed by atoms with Gasteiger partial charge in [0.1, 0.15) is 0 Å². The molecule has 1 aliphatic heterocycles. The maximum atomic E-state index is 5.78. The number of hydrogen-bond donors (Lipinski definition) is 2. The SMILES string of the molecule is N[C@@H]1CCN[C@@H]2C[C@H]12. The van der Waals surface area contributed by atoms with Crippen LogP contribution >= 0.6 is 0 Å². The maximum Gasteiger partial charge on any atom is 0.0114 e. The number of fused-ring (bicyclic) bond motifs is 1. The zero-order valence-corrected chi connectivity index (χ0v) is 4.93. The summed E-state index contributed by atoms with van der Waals surface area (Å²) in [6, 6.07) is 1.32. The highest BCUT2D eigenvalue weighted by Gasteiger charge is 2.43. The molecule has 0 aromatic rings. The Hall–Kier alpha value is -0.0800. The first-order valence-corrected chi connectivity index (χ1v) is 3.37. The van der Waals surface area contributed by atoms with Crippen LogP contribution in [0.2, 0.25) is 0 Å². The predicted octanol–water partition coefficient (Wildman–Crippen LogP) is -0.305. The normalized spacial score (nSPS) is 52.9. The van der Waals surface area contributed by atoms with E-state index < -0.39 is 0 Å². The summed E-state index contributed by atoms with van der Waals surface area (Å²) in [5.41, 5.74) is 5.78. The van der Waals surface area contributed by atoms with Crippen molar-refractivity contribution in [3.05, 3.63) is 0 Å². The summed E-state index contributed by atoms with van der Waals surface area (Å²) in [5.74, 6) is 0.837. The molecule has 46 valence electrons. The average molecular weight is 112 g/mol. The second-order valence-electron chi connectivity index (χ2n) is 2.91. The van der Waals surface area contributed by atoms with Crippen LogP contribution in [0, 0.1) is 5.92 Å². The first-order chi connectivity index (χ1) is 3.88. The molecule has 0 unspecified atom stereocenters. The van der Waals surface area contributed by atoms with Crippen LogP contribution in [-0.4, -0.2) is 18.6 Å². The van der Waals surface area contributed by atoms with Crippen LogP contribution in [0.25, 0.3) is 0 Å². The molecular weight excluding hydrogens is 100 g/mol. The van der Waals surface area contributed by atoms with E-state index in [-0.39, 0.29) is 0 Å². The largest absolute Gasteiger partial charge is 0.327 e. The standard InChI is InChI=1S/C6H12N2/c7-5-1-2-8-6-3-4(5)6/h4-6,8H,1-3,7H2/t4-,5-,6-/m1/s1. The highest BCUT2D eigenvalue weighted by Crippen LogP contribution is 2.36. The van der Waals surface area contributed by atoms with Gasteiger partial charge in [-0.2, -0.15) is 0 Å². The summed E-state index contributed by atoms with van der Waals surface area (Å²) in [6.07, 6.45) is 2.52. The molecule has 8 heavy (non-hydrogen) atoms. The Kier molecular flexibility index (Phi) is 0.866. The molecule has 2 fully saturated rings. The van der Waals surface area contributed by atoms with Gasteiger partial charge in [0.05, 0.1) is 0 Å². The van der Waals surface area contributed by atoms with E-state index in [0.29, 0.717) is 6.04 Å². The van der Waals surface area contributed by atoms with E-state index in [1.54, 1.807) is 0 Å². The number of rotatable bonds is 0. The second-order valence-corrected chi connectivity index (χ2v) is 2.91. The van der Waals surface area contributed by atoms with Gasteiger partial charge in [-0.05, 0) is 25.3 Å². The van der Waals surface area contributed by atoms with Crippen LogP contribution in [0.1, 0.15) is 12.8 Å². The molecule has 1 saturated heterocycles. The topological polar surface area (TPSA) is 38.0 Å². The van der Waals surface area contributed by atoms with Crippen molar-refractivity contribution in [1.82, 2.24) is 5.32 Å². The molecular formula is C6H12N2. The van der Waals surface area contributed by atoms with Crippen molar-refractivity contribution in [2.45, 2.75) is 24.9 Å². The van der Waals surface area contributed by atoms with Gasteiger partial charge in [-0.1, -0.05) is 0 Å². The van der Waals surface area contributed by atoms with Gasteiger partial charge in [0.2, 0.25) is 0 Å². The first kappa shape index (κ1) is 4.77. The van der Waals surface area contributed by atoms with E-state index in [1.165, 1.54) is 12.8 Å². The summed E-state index contributed by atoms with van der Waals surface area (Å²) in [5, 5.41) is 3.41. The summed E-state index contributed by atoms with van der Waals surface area (Å²) in [6.45, 7) is 1.14. The molecule has 2 rings (SSSR count). The third-order valence-electron chi connectivity index (χ3n) is 2.27. The lowest BCUT2D eigenvalue weighted by Crippen LogP contribution is -2.37. The molecule has 1 heterocycles. The van der Waals surface area contributed by atoms with E-state index in [0.717, 1.165) is 18.5 Å². The molecule has 2 nitrogen and oxygen atoms in total. The number of nitrogens with two attached hydrogens (primary N) is 1. The van der Waals surface area contributed by atoms with E-state index in [9.17, 15) is 0 Å². The van der Waals surface area contributed by atoms with Crippen LogP contribution in [0.3, 0.4) is 0 Å². The fourth-order valence-corrected chi connectivity index (χ4v) is 1.57. The van der Waals surface area contributed by atoms with Gasteiger partial charge in [0.25, 0.3) is 0 Å².